The van der Waals surface area contributed by atoms with E-state index in [0.717, 1.165) is 22.7 Å². The van der Waals surface area contributed by atoms with Crippen LogP contribution < -0.4 is 0 Å². The Labute approximate surface area is 192 Å². The highest BCUT2D eigenvalue weighted by Gasteiger charge is 2.32. The second-order valence-electron chi connectivity index (χ2n) is 7.72. The van der Waals surface area contributed by atoms with Crippen LogP contribution in [0.15, 0.2) is 47.4 Å². The number of carbonyl (C=O) groups is 1. The number of aryl methyl sites for hydroxylation is 1. The number of aliphatic carboxylic acids is 1. The lowest BCUT2D eigenvalue weighted by atomic mass is 10.1. The normalized spacial score (nSPS) is 14.8. The Morgan fingerprint density at radius 1 is 1.18 bits per heavy atom. The van der Waals surface area contributed by atoms with E-state index in [1.807, 2.05) is 0 Å². The number of fused-ring (bicyclic) bond motifs is 1. The van der Waals surface area contributed by atoms with E-state index in [4.69, 9.17) is 5.11 Å². The van der Waals surface area contributed by atoms with Crippen LogP contribution >= 0.6 is 11.3 Å². The molecule has 4 rings (SSSR count). The largest absolute Gasteiger partial charge is 0.481 e. The molecule has 33 heavy (non-hydrogen) atoms. The molecule has 6 nitrogen and oxygen atoms in total. The summed E-state index contributed by atoms with van der Waals surface area (Å²) in [5.74, 6) is -1.05. The molecule has 0 bridgehead atoms. The van der Waals surface area contributed by atoms with Gasteiger partial charge in [-0.25, -0.2) is 13.4 Å². The molecule has 174 valence electrons. The molecule has 1 aromatic heterocycles. The van der Waals surface area contributed by atoms with Crippen molar-refractivity contribution in [2.75, 3.05) is 6.54 Å². The third-order valence-corrected chi connectivity index (χ3v) is 8.50. The molecule has 3 aromatic rings. The van der Waals surface area contributed by atoms with Gasteiger partial charge in [0.25, 0.3) is 0 Å². The van der Waals surface area contributed by atoms with E-state index in [1.165, 1.54) is 33.8 Å². The van der Waals surface area contributed by atoms with Crippen LogP contribution in [0.4, 0.5) is 13.2 Å². The molecule has 11 heteroatoms. The number of hydrogen-bond donors (Lipinski definition) is 1. The van der Waals surface area contributed by atoms with Crippen LogP contribution in [0, 0.1) is 6.92 Å². The van der Waals surface area contributed by atoms with Gasteiger partial charge in [0.1, 0.15) is 5.01 Å². The van der Waals surface area contributed by atoms with E-state index in [0.29, 0.717) is 28.1 Å². The van der Waals surface area contributed by atoms with Gasteiger partial charge in [-0.3, -0.25) is 4.79 Å². The van der Waals surface area contributed by atoms with Gasteiger partial charge < -0.3 is 5.11 Å². The highest BCUT2D eigenvalue weighted by atomic mass is 32.2. The second kappa shape index (κ2) is 8.54. The van der Waals surface area contributed by atoms with Gasteiger partial charge in [0.15, 0.2) is 0 Å². The SMILES string of the molecule is Cc1ccc(CC(=O)O)cc1S(=O)(=O)N1CCc2nc(-c3ccc(C(F)(F)F)cc3)sc2C1. The molecule has 2 aromatic carbocycles. The summed E-state index contributed by atoms with van der Waals surface area (Å²) in [6.45, 7) is 1.95. The number of rotatable bonds is 5. The van der Waals surface area contributed by atoms with Crippen LogP contribution in [0.1, 0.15) is 27.3 Å². The van der Waals surface area contributed by atoms with E-state index in [-0.39, 0.29) is 24.4 Å². The summed E-state index contributed by atoms with van der Waals surface area (Å²) in [6, 6.07) is 9.30. The van der Waals surface area contributed by atoms with Crippen LogP contribution in [-0.2, 0) is 40.4 Å². The van der Waals surface area contributed by atoms with Gasteiger partial charge in [-0.15, -0.1) is 11.3 Å². The molecule has 1 aliphatic heterocycles. The Hall–Kier alpha value is -2.76. The number of carboxylic acid groups (broad SMARTS) is 1. The van der Waals surface area contributed by atoms with Crippen LogP contribution in [0.2, 0.25) is 0 Å². The summed E-state index contributed by atoms with van der Waals surface area (Å²) in [7, 11) is -3.88. The molecule has 0 atom stereocenters. The molecule has 0 saturated heterocycles. The van der Waals surface area contributed by atoms with Crippen molar-refractivity contribution in [1.29, 1.82) is 0 Å². The first-order chi connectivity index (χ1) is 15.4. The lowest BCUT2D eigenvalue weighted by Gasteiger charge is -2.26. The van der Waals surface area contributed by atoms with Crippen LogP contribution in [0.5, 0.6) is 0 Å². The van der Waals surface area contributed by atoms with Crippen molar-refractivity contribution in [3.8, 4) is 10.6 Å². The summed E-state index contributed by atoms with van der Waals surface area (Å²) in [5.41, 5.74) is 1.44. The first kappa shape index (κ1) is 23.4. The van der Waals surface area contributed by atoms with E-state index < -0.39 is 27.7 Å². The molecular formula is C22H19F3N2O4S2. The van der Waals surface area contributed by atoms with Crippen LogP contribution in [0.25, 0.3) is 10.6 Å². The van der Waals surface area contributed by atoms with Gasteiger partial charge in [0.05, 0.1) is 29.1 Å². The second-order valence-corrected chi connectivity index (χ2v) is 10.7. The predicted molar refractivity (Wildman–Crippen MR) is 116 cm³/mol. The smallest absolute Gasteiger partial charge is 0.416 e. The van der Waals surface area contributed by atoms with Crippen molar-refractivity contribution >= 4 is 27.3 Å². The Morgan fingerprint density at radius 3 is 2.52 bits per heavy atom. The number of aromatic nitrogens is 1. The average molecular weight is 497 g/mol. The fourth-order valence-electron chi connectivity index (χ4n) is 3.65. The lowest BCUT2D eigenvalue weighted by Crippen LogP contribution is -2.35. The molecule has 0 fully saturated rings. The highest BCUT2D eigenvalue weighted by Crippen LogP contribution is 2.36. The van der Waals surface area contributed by atoms with Crippen molar-refractivity contribution in [2.24, 2.45) is 0 Å². The molecule has 1 aliphatic rings. The van der Waals surface area contributed by atoms with Crippen molar-refractivity contribution in [2.45, 2.75) is 37.4 Å². The number of nitrogens with zero attached hydrogens (tertiary/aromatic N) is 2. The summed E-state index contributed by atoms with van der Waals surface area (Å²) in [6.07, 6.45) is -4.33. The maximum absolute atomic E-state index is 13.3. The fourth-order valence-corrected chi connectivity index (χ4v) is 6.54. The van der Waals surface area contributed by atoms with Gasteiger partial charge in [0.2, 0.25) is 10.0 Å². The molecule has 0 radical (unpaired) electrons. The third kappa shape index (κ3) is 4.80. The minimum atomic E-state index is -4.42. The maximum atomic E-state index is 13.3. The number of halogens is 3. The molecule has 0 aliphatic carbocycles. The molecule has 0 amide bonds. The Balaban J connectivity index is 1.60. The topological polar surface area (TPSA) is 87.6 Å². The molecule has 0 saturated carbocycles. The summed E-state index contributed by atoms with van der Waals surface area (Å²) >= 11 is 1.26. The number of benzene rings is 2. The lowest BCUT2D eigenvalue weighted by molar-refractivity contribution is -0.138. The first-order valence-electron chi connectivity index (χ1n) is 9.93. The zero-order chi connectivity index (χ0) is 24.0. The van der Waals surface area contributed by atoms with Crippen molar-refractivity contribution in [3.05, 3.63) is 69.7 Å². The minimum Gasteiger partial charge on any atom is -0.481 e. The third-order valence-electron chi connectivity index (χ3n) is 5.38. The van der Waals surface area contributed by atoms with Crippen LogP contribution in [0.3, 0.4) is 0 Å². The fraction of sp³-hybridized carbons (Fsp3) is 0.273. The van der Waals surface area contributed by atoms with Gasteiger partial charge in [-0.1, -0.05) is 24.3 Å². The summed E-state index contributed by atoms with van der Waals surface area (Å²) in [5, 5.41) is 9.55. The first-order valence-corrected chi connectivity index (χ1v) is 12.2. The zero-order valence-electron chi connectivity index (χ0n) is 17.4. The number of thiazole rings is 1. The Morgan fingerprint density at radius 2 is 1.88 bits per heavy atom. The predicted octanol–water partition coefficient (Wildman–Crippen LogP) is 4.51. The molecule has 2 heterocycles. The minimum absolute atomic E-state index is 0.0668. The number of alkyl halides is 3. The zero-order valence-corrected chi connectivity index (χ0v) is 19.0. The van der Waals surface area contributed by atoms with Gasteiger partial charge in [0, 0.05) is 23.4 Å². The van der Waals surface area contributed by atoms with Crippen molar-refractivity contribution < 1.29 is 31.5 Å². The highest BCUT2D eigenvalue weighted by molar-refractivity contribution is 7.89. The molecular weight excluding hydrogens is 477 g/mol. The van der Waals surface area contributed by atoms with Crippen molar-refractivity contribution in [3.63, 3.8) is 0 Å². The number of hydrogen-bond acceptors (Lipinski definition) is 5. The van der Waals surface area contributed by atoms with Crippen LogP contribution in [-0.4, -0.2) is 35.3 Å². The maximum Gasteiger partial charge on any atom is 0.416 e. The molecule has 0 spiro atoms. The standard InChI is InChI=1S/C22H19F3N2O4S2/c1-13-2-3-14(11-20(28)29)10-19(13)33(30,31)27-9-8-17-18(12-27)32-21(26-17)15-4-6-16(7-5-15)22(23,24)25/h2-7,10H,8-9,11-12H2,1H3,(H,28,29). The van der Waals surface area contributed by atoms with Gasteiger partial charge >= 0.3 is 12.1 Å². The Kier molecular flexibility index (Phi) is 6.06. The monoisotopic (exact) mass is 496 g/mol. The van der Waals surface area contributed by atoms with Gasteiger partial charge in [-0.2, -0.15) is 17.5 Å². The summed E-state index contributed by atoms with van der Waals surface area (Å²) < 4.78 is 66.4. The Bertz CT molecular complexity index is 1320. The van der Waals surface area contributed by atoms with Gasteiger partial charge in [-0.05, 0) is 36.2 Å². The number of carboxylic acids is 1. The molecule has 1 N–H and O–H groups in total. The number of sulfonamides is 1. The van der Waals surface area contributed by atoms with E-state index in [2.05, 4.69) is 4.98 Å². The van der Waals surface area contributed by atoms with Crippen molar-refractivity contribution in [1.82, 2.24) is 9.29 Å². The summed E-state index contributed by atoms with van der Waals surface area (Å²) in [4.78, 5) is 16.3. The molecule has 0 unspecified atom stereocenters. The van der Waals surface area contributed by atoms with E-state index in [9.17, 15) is 26.4 Å². The average Bonchev–Trinajstić information content (AvgIpc) is 3.17. The quantitative estimate of drug-likeness (QED) is 0.562. The van der Waals surface area contributed by atoms with E-state index in [1.54, 1.807) is 19.1 Å². The van der Waals surface area contributed by atoms with E-state index >= 15 is 0 Å².